The van der Waals surface area contributed by atoms with Crippen LogP contribution in [0.1, 0.15) is 47.4 Å². The van der Waals surface area contributed by atoms with Crippen molar-refractivity contribution in [3.63, 3.8) is 0 Å². The molecule has 2 fully saturated rings. The second-order valence-electron chi connectivity index (χ2n) is 7.62. The Balaban J connectivity index is 0.00000210. The maximum absolute atomic E-state index is 12.9. The summed E-state index contributed by atoms with van der Waals surface area (Å²) in [5.41, 5.74) is 3.35. The molecule has 0 spiro atoms. The van der Waals surface area contributed by atoms with Crippen molar-refractivity contribution in [3.05, 3.63) is 46.2 Å². The van der Waals surface area contributed by atoms with Crippen molar-refractivity contribution in [1.82, 2.24) is 20.0 Å². The van der Waals surface area contributed by atoms with E-state index in [1.807, 2.05) is 54.7 Å². The highest BCUT2D eigenvalue weighted by Crippen LogP contribution is 2.30. The van der Waals surface area contributed by atoms with Crippen LogP contribution in [0.3, 0.4) is 0 Å². The number of hydrogen-bond acceptors (Lipinski definition) is 3. The molecule has 2 atom stereocenters. The first-order chi connectivity index (χ1) is 12.4. The first kappa shape index (κ1) is 20.2. The van der Waals surface area contributed by atoms with Gasteiger partial charge < -0.3 is 10.2 Å². The normalized spacial score (nSPS) is 23.8. The summed E-state index contributed by atoms with van der Waals surface area (Å²) in [5.74, 6) is 0.0919. The molecule has 2 unspecified atom stereocenters. The standard InChI is InChI=1S/C20H25ClN4O.ClH/c1-12-19(21)13(2)25(23-12)17-8-4-14(5-9-17)20(26)24(3)18-10-15-6-7-16(11-18)22-15;/h4-5,8-9,15-16,18,22H,6-7,10-11H2,1-3H3;1H. The Kier molecular flexibility index (Phi) is 5.84. The lowest BCUT2D eigenvalue weighted by atomic mass is 9.98. The van der Waals surface area contributed by atoms with Crippen molar-refractivity contribution in [3.8, 4) is 5.69 Å². The minimum absolute atomic E-state index is 0. The number of amides is 1. The first-order valence-electron chi connectivity index (χ1n) is 9.29. The smallest absolute Gasteiger partial charge is 0.253 e. The number of nitrogens with one attached hydrogen (secondary N) is 1. The average molecular weight is 409 g/mol. The van der Waals surface area contributed by atoms with Gasteiger partial charge in [0, 0.05) is 30.7 Å². The Morgan fingerprint density at radius 1 is 1.19 bits per heavy atom. The third-order valence-corrected chi connectivity index (χ3v) is 6.43. The number of aromatic nitrogens is 2. The van der Waals surface area contributed by atoms with Crippen LogP contribution in [-0.2, 0) is 0 Å². The Morgan fingerprint density at radius 2 is 1.78 bits per heavy atom. The minimum Gasteiger partial charge on any atom is -0.339 e. The lowest BCUT2D eigenvalue weighted by Crippen LogP contribution is -2.48. The fraction of sp³-hybridized carbons (Fsp3) is 0.500. The first-order valence-corrected chi connectivity index (χ1v) is 9.67. The van der Waals surface area contributed by atoms with Crippen LogP contribution in [-0.4, -0.2) is 45.8 Å². The van der Waals surface area contributed by atoms with Crippen molar-refractivity contribution >= 4 is 29.9 Å². The summed E-state index contributed by atoms with van der Waals surface area (Å²) < 4.78 is 1.82. The Bertz CT molecular complexity index is 821. The molecule has 2 aliphatic rings. The number of piperidine rings is 1. The molecular weight excluding hydrogens is 383 g/mol. The second-order valence-corrected chi connectivity index (χ2v) is 8.00. The van der Waals surface area contributed by atoms with Gasteiger partial charge in [-0.25, -0.2) is 4.68 Å². The predicted octanol–water partition coefficient (Wildman–Crippen LogP) is 3.92. The highest BCUT2D eigenvalue weighted by molar-refractivity contribution is 6.31. The Morgan fingerprint density at radius 3 is 2.30 bits per heavy atom. The molecule has 2 saturated heterocycles. The van der Waals surface area contributed by atoms with E-state index in [2.05, 4.69) is 10.4 Å². The zero-order chi connectivity index (χ0) is 18.4. The number of aryl methyl sites for hydroxylation is 1. The van der Waals surface area contributed by atoms with E-state index in [1.165, 1.54) is 12.8 Å². The number of benzene rings is 1. The van der Waals surface area contributed by atoms with Crippen LogP contribution in [0.2, 0.25) is 5.02 Å². The molecule has 27 heavy (non-hydrogen) atoms. The third-order valence-electron chi connectivity index (χ3n) is 5.88. The summed E-state index contributed by atoms with van der Waals surface area (Å²) in [6.07, 6.45) is 4.59. The van der Waals surface area contributed by atoms with Crippen molar-refractivity contribution in [2.45, 2.75) is 57.7 Å². The predicted molar refractivity (Wildman–Crippen MR) is 110 cm³/mol. The Hall–Kier alpha value is -1.56. The van der Waals surface area contributed by atoms with Gasteiger partial charge in [-0.15, -0.1) is 12.4 Å². The monoisotopic (exact) mass is 408 g/mol. The minimum atomic E-state index is 0. The van der Waals surface area contributed by atoms with E-state index in [9.17, 15) is 4.79 Å². The van der Waals surface area contributed by atoms with Gasteiger partial charge in [-0.3, -0.25) is 4.79 Å². The topological polar surface area (TPSA) is 50.2 Å². The lowest BCUT2D eigenvalue weighted by molar-refractivity contribution is 0.0681. The van der Waals surface area contributed by atoms with E-state index in [0.717, 1.165) is 35.5 Å². The van der Waals surface area contributed by atoms with Crippen LogP contribution in [0.4, 0.5) is 0 Å². The van der Waals surface area contributed by atoms with Gasteiger partial charge in [0.15, 0.2) is 0 Å². The van der Waals surface area contributed by atoms with Crippen LogP contribution in [0, 0.1) is 13.8 Å². The van der Waals surface area contributed by atoms with Crippen LogP contribution < -0.4 is 5.32 Å². The van der Waals surface area contributed by atoms with Crippen LogP contribution in [0.25, 0.3) is 5.69 Å². The number of carbonyl (C=O) groups is 1. The number of fused-ring (bicyclic) bond motifs is 2. The van der Waals surface area contributed by atoms with Gasteiger partial charge in [-0.1, -0.05) is 11.6 Å². The molecule has 1 N–H and O–H groups in total. The van der Waals surface area contributed by atoms with Gasteiger partial charge in [0.2, 0.25) is 0 Å². The number of rotatable bonds is 3. The largest absolute Gasteiger partial charge is 0.339 e. The zero-order valence-electron chi connectivity index (χ0n) is 15.9. The second kappa shape index (κ2) is 7.82. The van der Waals surface area contributed by atoms with E-state index < -0.39 is 0 Å². The molecule has 7 heteroatoms. The number of hydrogen-bond donors (Lipinski definition) is 1. The quantitative estimate of drug-likeness (QED) is 0.836. The third kappa shape index (κ3) is 3.73. The summed E-state index contributed by atoms with van der Waals surface area (Å²) >= 11 is 6.24. The average Bonchev–Trinajstić information content (AvgIpc) is 3.13. The number of nitrogens with zero attached hydrogens (tertiary/aromatic N) is 3. The summed E-state index contributed by atoms with van der Waals surface area (Å²) in [6, 6.07) is 9.11. The summed E-state index contributed by atoms with van der Waals surface area (Å²) in [7, 11) is 1.94. The van der Waals surface area contributed by atoms with Crippen LogP contribution >= 0.6 is 24.0 Å². The highest BCUT2D eigenvalue weighted by atomic mass is 35.5. The molecule has 2 aromatic rings. The molecular formula is C20H26Cl2N4O. The maximum atomic E-state index is 12.9. The molecule has 0 radical (unpaired) electrons. The molecule has 0 aliphatic carbocycles. The molecule has 1 aromatic carbocycles. The maximum Gasteiger partial charge on any atom is 0.253 e. The van der Waals surface area contributed by atoms with Crippen LogP contribution in [0.5, 0.6) is 0 Å². The van der Waals surface area contributed by atoms with Gasteiger partial charge in [0.05, 0.1) is 22.1 Å². The number of halogens is 2. The van der Waals surface area contributed by atoms with Crippen LogP contribution in [0.15, 0.2) is 24.3 Å². The fourth-order valence-electron chi connectivity index (χ4n) is 4.33. The molecule has 0 saturated carbocycles. The van der Waals surface area contributed by atoms with Gasteiger partial charge in [-0.2, -0.15) is 5.10 Å². The zero-order valence-corrected chi connectivity index (χ0v) is 17.5. The molecule has 1 amide bonds. The molecule has 4 rings (SSSR count). The highest BCUT2D eigenvalue weighted by Gasteiger charge is 2.36. The van der Waals surface area contributed by atoms with Crippen molar-refractivity contribution in [2.75, 3.05) is 7.05 Å². The van der Waals surface area contributed by atoms with Gasteiger partial charge in [0.1, 0.15) is 0 Å². The summed E-state index contributed by atoms with van der Waals surface area (Å²) in [5, 5.41) is 8.79. The van der Waals surface area contributed by atoms with E-state index in [0.29, 0.717) is 23.1 Å². The van der Waals surface area contributed by atoms with E-state index in [1.54, 1.807) is 0 Å². The van der Waals surface area contributed by atoms with E-state index in [-0.39, 0.29) is 18.3 Å². The van der Waals surface area contributed by atoms with E-state index in [4.69, 9.17) is 11.6 Å². The fourth-order valence-corrected chi connectivity index (χ4v) is 4.45. The summed E-state index contributed by atoms with van der Waals surface area (Å²) in [4.78, 5) is 14.8. The SMILES string of the molecule is Cc1nn(-c2ccc(C(=O)N(C)C3CC4CCC(C3)N4)cc2)c(C)c1Cl.Cl. The van der Waals surface area contributed by atoms with Crippen molar-refractivity contribution in [1.29, 1.82) is 0 Å². The Labute approximate surface area is 171 Å². The number of carbonyl (C=O) groups excluding carboxylic acids is 1. The van der Waals surface area contributed by atoms with Crippen molar-refractivity contribution in [2.24, 2.45) is 0 Å². The van der Waals surface area contributed by atoms with Gasteiger partial charge in [-0.05, 0) is 63.8 Å². The van der Waals surface area contributed by atoms with Gasteiger partial charge in [0.25, 0.3) is 5.91 Å². The van der Waals surface area contributed by atoms with E-state index >= 15 is 0 Å². The summed E-state index contributed by atoms with van der Waals surface area (Å²) in [6.45, 7) is 3.84. The molecule has 146 valence electrons. The lowest BCUT2D eigenvalue weighted by Gasteiger charge is -2.35. The molecule has 3 heterocycles. The molecule has 1 aromatic heterocycles. The van der Waals surface area contributed by atoms with Crippen molar-refractivity contribution < 1.29 is 4.79 Å². The molecule has 5 nitrogen and oxygen atoms in total. The molecule has 2 bridgehead atoms. The molecule has 2 aliphatic heterocycles. The van der Waals surface area contributed by atoms with Gasteiger partial charge >= 0.3 is 0 Å².